The van der Waals surface area contributed by atoms with E-state index in [4.69, 9.17) is 23.2 Å². The van der Waals surface area contributed by atoms with E-state index in [1.165, 1.54) is 0 Å². The summed E-state index contributed by atoms with van der Waals surface area (Å²) in [6, 6.07) is 14.6. The highest BCUT2D eigenvalue weighted by Crippen LogP contribution is 2.52. The Morgan fingerprint density at radius 2 is 1.63 bits per heavy atom. The first-order valence-corrected chi connectivity index (χ1v) is 14.8. The maximum absolute atomic E-state index is 14.3. The van der Waals surface area contributed by atoms with Gasteiger partial charge in [-0.25, -0.2) is 8.42 Å². The van der Waals surface area contributed by atoms with E-state index in [1.807, 2.05) is 75.1 Å². The Balaban J connectivity index is 2.27. The lowest BCUT2D eigenvalue weighted by Crippen LogP contribution is -2.58. The largest absolute Gasteiger partial charge is 0.330 e. The third kappa shape index (κ3) is 5.89. The maximum Gasteiger partial charge on any atom is 0.229 e. The van der Waals surface area contributed by atoms with Crippen molar-refractivity contribution in [1.29, 1.82) is 0 Å². The molecule has 0 radical (unpaired) electrons. The summed E-state index contributed by atoms with van der Waals surface area (Å²) < 4.78 is 26.3. The molecule has 4 atom stereocenters. The van der Waals surface area contributed by atoms with Crippen LogP contribution in [0.1, 0.15) is 77.5 Å². The summed E-state index contributed by atoms with van der Waals surface area (Å²) in [5, 5.41) is 0.739. The average molecular weight is 539 g/mol. The quantitative estimate of drug-likeness (QED) is 0.354. The number of hydrogen-bond donors (Lipinski definition) is 0. The minimum atomic E-state index is -3.40. The van der Waals surface area contributed by atoms with Gasteiger partial charge in [-0.1, -0.05) is 75.2 Å². The number of carbonyl (C=O) groups is 1. The molecule has 0 saturated carbocycles. The molecule has 7 heteroatoms. The summed E-state index contributed by atoms with van der Waals surface area (Å²) >= 11 is 12.6. The van der Waals surface area contributed by atoms with Crippen molar-refractivity contribution in [2.24, 2.45) is 11.3 Å². The van der Waals surface area contributed by atoms with Gasteiger partial charge in [0.1, 0.15) is 0 Å². The molecule has 0 aromatic heterocycles. The standard InChI is InChI=1S/C28H37Cl2NO3S/c1-7-28(6)16-24(21-9-8-10-23(30)15-21)26(20-11-13-22(29)14-12-20)31(27(28)32)25(18(2)3)17-35(33,34)19(4)5/h8-15,18-19,24-26H,7,16-17H2,1-6H3/t24-,25-,26-,28+/m1/s1. The molecule has 35 heavy (non-hydrogen) atoms. The second kappa shape index (κ2) is 10.8. The molecular weight excluding hydrogens is 501 g/mol. The van der Waals surface area contributed by atoms with Gasteiger partial charge in [0.15, 0.2) is 9.84 Å². The summed E-state index contributed by atoms with van der Waals surface area (Å²) in [6.45, 7) is 11.4. The highest BCUT2D eigenvalue weighted by molar-refractivity contribution is 7.92. The van der Waals surface area contributed by atoms with Crippen LogP contribution in [-0.2, 0) is 14.6 Å². The van der Waals surface area contributed by atoms with E-state index in [9.17, 15) is 13.2 Å². The first kappa shape index (κ1) is 28.0. The third-order valence-electron chi connectivity index (χ3n) is 7.62. The van der Waals surface area contributed by atoms with E-state index in [-0.39, 0.29) is 29.5 Å². The predicted octanol–water partition coefficient (Wildman–Crippen LogP) is 7.31. The second-order valence-corrected chi connectivity index (χ2v) is 14.2. The van der Waals surface area contributed by atoms with Gasteiger partial charge in [-0.2, -0.15) is 0 Å². The fourth-order valence-corrected chi connectivity index (χ4v) is 6.81. The van der Waals surface area contributed by atoms with Crippen molar-refractivity contribution >= 4 is 38.9 Å². The fourth-order valence-electron chi connectivity index (χ4n) is 5.08. The van der Waals surface area contributed by atoms with E-state index in [0.29, 0.717) is 22.9 Å². The molecule has 192 valence electrons. The SMILES string of the molecule is CC[C@@]1(C)C[C@H](c2cccc(Cl)c2)[C@@H](c2ccc(Cl)cc2)N([C@H](CS(=O)(=O)C(C)C)C(C)C)C1=O. The van der Waals surface area contributed by atoms with Crippen LogP contribution in [0.25, 0.3) is 0 Å². The Morgan fingerprint density at radius 1 is 1.00 bits per heavy atom. The number of piperidine rings is 1. The van der Waals surface area contributed by atoms with Crippen LogP contribution in [0.3, 0.4) is 0 Å². The number of rotatable bonds is 8. The molecule has 1 heterocycles. The Bertz CT molecular complexity index is 1150. The van der Waals surface area contributed by atoms with Crippen LogP contribution in [0.4, 0.5) is 0 Å². The van der Waals surface area contributed by atoms with E-state index in [0.717, 1.165) is 11.1 Å². The Kier molecular flexibility index (Phi) is 8.66. The van der Waals surface area contributed by atoms with Crippen LogP contribution in [0.2, 0.25) is 10.0 Å². The zero-order valence-electron chi connectivity index (χ0n) is 21.5. The summed E-state index contributed by atoms with van der Waals surface area (Å²) in [6.07, 6.45) is 1.31. The van der Waals surface area contributed by atoms with E-state index >= 15 is 0 Å². The van der Waals surface area contributed by atoms with Gasteiger partial charge in [0.2, 0.25) is 5.91 Å². The first-order chi connectivity index (χ1) is 16.3. The van der Waals surface area contributed by atoms with Gasteiger partial charge >= 0.3 is 0 Å². The lowest BCUT2D eigenvalue weighted by atomic mass is 9.67. The van der Waals surface area contributed by atoms with Crippen molar-refractivity contribution < 1.29 is 13.2 Å². The molecule has 0 aliphatic carbocycles. The van der Waals surface area contributed by atoms with Crippen LogP contribution in [-0.4, -0.2) is 36.3 Å². The number of carbonyl (C=O) groups excluding carboxylic acids is 1. The number of hydrogen-bond acceptors (Lipinski definition) is 3. The van der Waals surface area contributed by atoms with Gasteiger partial charge < -0.3 is 4.90 Å². The zero-order valence-corrected chi connectivity index (χ0v) is 23.8. The summed E-state index contributed by atoms with van der Waals surface area (Å²) in [7, 11) is -3.40. The summed E-state index contributed by atoms with van der Waals surface area (Å²) in [5.41, 5.74) is 1.37. The van der Waals surface area contributed by atoms with Crippen LogP contribution in [0.15, 0.2) is 48.5 Å². The number of sulfone groups is 1. The normalized spacial score (nSPS) is 24.3. The highest BCUT2D eigenvalue weighted by atomic mass is 35.5. The van der Waals surface area contributed by atoms with Crippen LogP contribution < -0.4 is 0 Å². The van der Waals surface area contributed by atoms with Gasteiger partial charge in [0.25, 0.3) is 0 Å². The third-order valence-corrected chi connectivity index (χ3v) is 10.3. The molecule has 1 aliphatic heterocycles. The Hall–Kier alpha value is -1.56. The van der Waals surface area contributed by atoms with E-state index in [2.05, 4.69) is 6.07 Å². The van der Waals surface area contributed by atoms with Crippen molar-refractivity contribution in [3.63, 3.8) is 0 Å². The van der Waals surface area contributed by atoms with Crippen LogP contribution >= 0.6 is 23.2 Å². The number of likely N-dealkylation sites (tertiary alicyclic amines) is 1. The molecular formula is C28H37Cl2NO3S. The van der Waals surface area contributed by atoms with Gasteiger partial charge in [0, 0.05) is 27.4 Å². The Morgan fingerprint density at radius 3 is 2.14 bits per heavy atom. The second-order valence-electron chi connectivity index (χ2n) is 10.7. The van der Waals surface area contributed by atoms with Crippen molar-refractivity contribution in [2.45, 2.75) is 77.6 Å². The highest BCUT2D eigenvalue weighted by Gasteiger charge is 2.51. The lowest BCUT2D eigenvalue weighted by Gasteiger charge is -2.53. The first-order valence-electron chi connectivity index (χ1n) is 12.4. The number of nitrogens with zero attached hydrogens (tertiary/aromatic N) is 1. The molecule has 0 spiro atoms. The molecule has 1 amide bonds. The minimum absolute atomic E-state index is 0.0101. The van der Waals surface area contributed by atoms with Crippen molar-refractivity contribution in [2.75, 3.05) is 5.75 Å². The zero-order chi connectivity index (χ0) is 26.1. The molecule has 2 aromatic rings. The fraction of sp³-hybridized carbons (Fsp3) is 0.536. The Labute approximate surface area is 220 Å². The maximum atomic E-state index is 14.3. The molecule has 1 saturated heterocycles. The molecule has 4 nitrogen and oxygen atoms in total. The van der Waals surface area contributed by atoms with Gasteiger partial charge in [-0.05, 0) is 68.0 Å². The van der Waals surface area contributed by atoms with Gasteiger partial charge in [0.05, 0.1) is 17.0 Å². The predicted molar refractivity (Wildman–Crippen MR) is 146 cm³/mol. The van der Waals surface area contributed by atoms with Crippen molar-refractivity contribution in [1.82, 2.24) is 4.90 Å². The van der Waals surface area contributed by atoms with Crippen molar-refractivity contribution in [3.05, 3.63) is 69.7 Å². The lowest BCUT2D eigenvalue weighted by molar-refractivity contribution is -0.155. The number of amides is 1. The number of halogens is 2. The van der Waals surface area contributed by atoms with E-state index in [1.54, 1.807) is 13.8 Å². The van der Waals surface area contributed by atoms with E-state index < -0.39 is 26.5 Å². The van der Waals surface area contributed by atoms with Crippen LogP contribution in [0.5, 0.6) is 0 Å². The molecule has 1 aliphatic rings. The van der Waals surface area contributed by atoms with Crippen LogP contribution in [0, 0.1) is 11.3 Å². The number of benzene rings is 2. The molecule has 2 aromatic carbocycles. The molecule has 1 fully saturated rings. The average Bonchev–Trinajstić information content (AvgIpc) is 2.79. The summed E-state index contributed by atoms with van der Waals surface area (Å²) in [4.78, 5) is 16.1. The summed E-state index contributed by atoms with van der Waals surface area (Å²) in [5.74, 6) is -0.168. The smallest absolute Gasteiger partial charge is 0.229 e. The molecule has 0 bridgehead atoms. The van der Waals surface area contributed by atoms with Crippen molar-refractivity contribution in [3.8, 4) is 0 Å². The molecule has 0 unspecified atom stereocenters. The molecule has 3 rings (SSSR count). The van der Waals surface area contributed by atoms with Gasteiger partial charge in [-0.15, -0.1) is 0 Å². The van der Waals surface area contributed by atoms with Gasteiger partial charge in [-0.3, -0.25) is 4.79 Å². The molecule has 0 N–H and O–H groups in total. The topological polar surface area (TPSA) is 54.5 Å². The monoisotopic (exact) mass is 537 g/mol. The minimum Gasteiger partial charge on any atom is -0.330 e.